The van der Waals surface area contributed by atoms with Crippen molar-refractivity contribution in [1.82, 2.24) is 10.6 Å². The van der Waals surface area contributed by atoms with E-state index in [1.54, 1.807) is 7.11 Å². The molecule has 1 fully saturated rings. The molecule has 4 nitrogen and oxygen atoms in total. The van der Waals surface area contributed by atoms with E-state index < -0.39 is 0 Å². The number of hydrogen-bond donors (Lipinski definition) is 3. The number of aliphatic hydroxyl groups excluding tert-OH is 1. The maximum Gasteiger partial charge on any atom is 0.0638 e. The molecule has 0 saturated carbocycles. The Bertz CT molecular complexity index is 133. The highest BCUT2D eigenvalue weighted by Gasteiger charge is 2.14. The van der Waals surface area contributed by atoms with Gasteiger partial charge in [0.2, 0.25) is 0 Å². The molecule has 0 amide bonds. The highest BCUT2D eigenvalue weighted by molar-refractivity contribution is 4.73. The van der Waals surface area contributed by atoms with E-state index in [9.17, 15) is 0 Å². The van der Waals surface area contributed by atoms with Crippen LogP contribution < -0.4 is 10.6 Å². The van der Waals surface area contributed by atoms with Crippen molar-refractivity contribution >= 4 is 0 Å². The van der Waals surface area contributed by atoms with Crippen LogP contribution in [0, 0.1) is 5.92 Å². The van der Waals surface area contributed by atoms with Crippen LogP contribution in [0.4, 0.5) is 0 Å². The van der Waals surface area contributed by atoms with Gasteiger partial charge in [0.25, 0.3) is 0 Å². The minimum absolute atomic E-state index is 0.0851. The second-order valence-corrected chi connectivity index (χ2v) is 3.96. The molecule has 1 aliphatic heterocycles. The Labute approximate surface area is 86.0 Å². The normalized spacial score (nSPS) is 24.9. The van der Waals surface area contributed by atoms with E-state index in [0.717, 1.165) is 19.6 Å². The predicted octanol–water partition coefficient (Wildman–Crippen LogP) is -0.417. The summed E-state index contributed by atoms with van der Waals surface area (Å²) in [5, 5.41) is 15.7. The second-order valence-electron chi connectivity index (χ2n) is 3.96. The Kier molecular flexibility index (Phi) is 6.10. The number of ether oxygens (including phenoxy) is 1. The molecule has 0 aromatic heterocycles. The summed E-state index contributed by atoms with van der Waals surface area (Å²) in [6.45, 7) is 3.95. The average molecular weight is 202 g/mol. The number of aliphatic hydroxyl groups is 1. The van der Waals surface area contributed by atoms with Crippen molar-refractivity contribution in [2.75, 3.05) is 40.0 Å². The van der Waals surface area contributed by atoms with Crippen molar-refractivity contribution in [3.05, 3.63) is 0 Å². The van der Waals surface area contributed by atoms with Crippen molar-refractivity contribution in [2.24, 2.45) is 5.92 Å². The molecule has 1 aliphatic rings. The molecule has 14 heavy (non-hydrogen) atoms. The van der Waals surface area contributed by atoms with Gasteiger partial charge in [0, 0.05) is 7.11 Å². The Morgan fingerprint density at radius 1 is 1.64 bits per heavy atom. The number of nitrogens with one attached hydrogen (secondary N) is 2. The molecule has 4 heteroatoms. The minimum Gasteiger partial charge on any atom is -0.395 e. The molecule has 0 bridgehead atoms. The van der Waals surface area contributed by atoms with E-state index in [0.29, 0.717) is 12.5 Å². The van der Waals surface area contributed by atoms with Gasteiger partial charge in [-0.25, -0.2) is 0 Å². The van der Waals surface area contributed by atoms with Gasteiger partial charge in [0.05, 0.1) is 19.3 Å². The lowest BCUT2D eigenvalue weighted by atomic mass is 9.99. The smallest absolute Gasteiger partial charge is 0.0638 e. The summed E-state index contributed by atoms with van der Waals surface area (Å²) in [4.78, 5) is 0. The molecule has 2 atom stereocenters. The predicted molar refractivity (Wildman–Crippen MR) is 56.3 cm³/mol. The molecule has 3 N–H and O–H groups in total. The van der Waals surface area contributed by atoms with Gasteiger partial charge in [0.1, 0.15) is 0 Å². The minimum atomic E-state index is 0.0851. The summed E-state index contributed by atoms with van der Waals surface area (Å²) in [5.41, 5.74) is 0. The zero-order chi connectivity index (χ0) is 10.2. The van der Waals surface area contributed by atoms with Gasteiger partial charge < -0.3 is 20.5 Å². The molecule has 0 aliphatic carbocycles. The van der Waals surface area contributed by atoms with Crippen LogP contribution in [0.1, 0.15) is 12.8 Å². The fraction of sp³-hybridized carbons (Fsp3) is 1.00. The van der Waals surface area contributed by atoms with Crippen molar-refractivity contribution in [1.29, 1.82) is 0 Å². The zero-order valence-corrected chi connectivity index (χ0v) is 8.96. The third-order valence-electron chi connectivity index (χ3n) is 2.68. The molecule has 2 unspecified atom stereocenters. The van der Waals surface area contributed by atoms with E-state index >= 15 is 0 Å². The number of rotatable bonds is 6. The van der Waals surface area contributed by atoms with Crippen LogP contribution in [0.2, 0.25) is 0 Å². The van der Waals surface area contributed by atoms with Crippen LogP contribution in [0.25, 0.3) is 0 Å². The molecule has 1 rings (SSSR count). The Balaban J connectivity index is 2.10. The average Bonchev–Trinajstić information content (AvgIpc) is 2.25. The highest BCUT2D eigenvalue weighted by Crippen LogP contribution is 2.08. The summed E-state index contributed by atoms with van der Waals surface area (Å²) in [6, 6.07) is 0.0851. The monoisotopic (exact) mass is 202 g/mol. The zero-order valence-electron chi connectivity index (χ0n) is 8.96. The maximum atomic E-state index is 9.03. The van der Waals surface area contributed by atoms with Crippen molar-refractivity contribution in [3.63, 3.8) is 0 Å². The van der Waals surface area contributed by atoms with Crippen molar-refractivity contribution in [3.8, 4) is 0 Å². The lowest BCUT2D eigenvalue weighted by molar-refractivity contribution is 0.125. The van der Waals surface area contributed by atoms with E-state index in [-0.39, 0.29) is 12.6 Å². The SMILES string of the molecule is COCC(CO)NCC1CCCNC1. The first kappa shape index (κ1) is 11.9. The first-order chi connectivity index (χ1) is 6.86. The number of hydrogen-bond acceptors (Lipinski definition) is 4. The van der Waals surface area contributed by atoms with Gasteiger partial charge in [-0.2, -0.15) is 0 Å². The van der Waals surface area contributed by atoms with Gasteiger partial charge in [-0.1, -0.05) is 0 Å². The summed E-state index contributed by atoms with van der Waals surface area (Å²) >= 11 is 0. The van der Waals surface area contributed by atoms with Crippen LogP contribution in [0.15, 0.2) is 0 Å². The van der Waals surface area contributed by atoms with Crippen LogP contribution in [0.3, 0.4) is 0 Å². The third-order valence-corrected chi connectivity index (χ3v) is 2.68. The van der Waals surface area contributed by atoms with Crippen molar-refractivity contribution in [2.45, 2.75) is 18.9 Å². The standard InChI is InChI=1S/C10H22N2O2/c1-14-8-10(7-13)12-6-9-3-2-4-11-5-9/h9-13H,2-8H2,1H3. The first-order valence-electron chi connectivity index (χ1n) is 5.40. The van der Waals surface area contributed by atoms with E-state index in [1.165, 1.54) is 12.8 Å². The summed E-state index contributed by atoms with van der Waals surface area (Å²) in [5.74, 6) is 0.703. The quantitative estimate of drug-likeness (QED) is 0.548. The molecule has 0 aromatic carbocycles. The van der Waals surface area contributed by atoms with Crippen LogP contribution in [-0.4, -0.2) is 51.1 Å². The molecule has 0 radical (unpaired) electrons. The lowest BCUT2D eigenvalue weighted by Gasteiger charge is -2.25. The lowest BCUT2D eigenvalue weighted by Crippen LogP contribution is -2.43. The molecule has 0 aromatic rings. The first-order valence-corrected chi connectivity index (χ1v) is 5.40. The molecular weight excluding hydrogens is 180 g/mol. The largest absolute Gasteiger partial charge is 0.395 e. The topological polar surface area (TPSA) is 53.5 Å². The van der Waals surface area contributed by atoms with E-state index in [2.05, 4.69) is 10.6 Å². The molecule has 0 spiro atoms. The van der Waals surface area contributed by atoms with Gasteiger partial charge in [-0.15, -0.1) is 0 Å². The Morgan fingerprint density at radius 2 is 2.50 bits per heavy atom. The van der Waals surface area contributed by atoms with Gasteiger partial charge in [-0.05, 0) is 38.4 Å². The molecular formula is C10H22N2O2. The molecule has 1 heterocycles. The second kappa shape index (κ2) is 7.17. The Hall–Kier alpha value is -0.160. The van der Waals surface area contributed by atoms with E-state index in [4.69, 9.17) is 9.84 Å². The van der Waals surface area contributed by atoms with Crippen LogP contribution >= 0.6 is 0 Å². The summed E-state index contributed by atoms with van der Waals surface area (Å²) in [7, 11) is 1.66. The fourth-order valence-corrected chi connectivity index (χ4v) is 1.81. The number of piperidine rings is 1. The van der Waals surface area contributed by atoms with Crippen LogP contribution in [0.5, 0.6) is 0 Å². The molecule has 84 valence electrons. The highest BCUT2D eigenvalue weighted by atomic mass is 16.5. The maximum absolute atomic E-state index is 9.03. The van der Waals surface area contributed by atoms with Gasteiger partial charge in [0.15, 0.2) is 0 Å². The van der Waals surface area contributed by atoms with Gasteiger partial charge in [-0.3, -0.25) is 0 Å². The Morgan fingerprint density at radius 3 is 3.07 bits per heavy atom. The van der Waals surface area contributed by atoms with Gasteiger partial charge >= 0.3 is 0 Å². The third kappa shape index (κ3) is 4.37. The summed E-state index contributed by atoms with van der Waals surface area (Å²) in [6.07, 6.45) is 2.55. The van der Waals surface area contributed by atoms with Crippen LogP contribution in [-0.2, 0) is 4.74 Å². The van der Waals surface area contributed by atoms with Crippen molar-refractivity contribution < 1.29 is 9.84 Å². The van der Waals surface area contributed by atoms with E-state index in [1.807, 2.05) is 0 Å². The summed E-state index contributed by atoms with van der Waals surface area (Å²) < 4.78 is 5.00. The molecule has 1 saturated heterocycles. The number of methoxy groups -OCH3 is 1. The fourth-order valence-electron chi connectivity index (χ4n) is 1.81.